The lowest BCUT2D eigenvalue weighted by molar-refractivity contribution is -0.124. The smallest absolute Gasteiger partial charge is 0.312 e. The van der Waals surface area contributed by atoms with Crippen LogP contribution in [0, 0.1) is 0 Å². The van der Waals surface area contributed by atoms with Gasteiger partial charge in [-0.2, -0.15) is 0 Å². The number of rotatable bonds is 6. The Morgan fingerprint density at radius 3 is 1.08 bits per heavy atom. The lowest BCUT2D eigenvalue weighted by Gasteiger charge is -2.28. The van der Waals surface area contributed by atoms with E-state index in [-0.39, 0.29) is 11.8 Å². The van der Waals surface area contributed by atoms with Gasteiger partial charge in [0, 0.05) is 56.0 Å². The van der Waals surface area contributed by atoms with Crippen molar-refractivity contribution >= 4 is 114 Å². The van der Waals surface area contributed by atoms with Gasteiger partial charge in [-0.05, 0) is 85.6 Å². The maximum atomic E-state index is 13.1. The molecule has 4 aromatic carbocycles. The highest BCUT2D eigenvalue weighted by molar-refractivity contribution is 9.10. The molecule has 0 aromatic heterocycles. The number of amides is 6. The van der Waals surface area contributed by atoms with Gasteiger partial charge in [0.2, 0.25) is 0 Å². The predicted octanol–water partition coefficient (Wildman–Crippen LogP) is 10.3. The number of hydrogen-bond donors (Lipinski definition) is 0. The summed E-state index contributed by atoms with van der Waals surface area (Å²) in [5, 5.41) is 1.47. The number of anilines is 2. The first-order valence-corrected chi connectivity index (χ1v) is 18.2. The van der Waals surface area contributed by atoms with E-state index >= 15 is 0 Å². The fourth-order valence-electron chi connectivity index (χ4n) is 5.84. The lowest BCUT2D eigenvalue weighted by Crippen LogP contribution is -2.47. The topological polar surface area (TPSA) is 81.2 Å². The Morgan fingerprint density at radius 2 is 0.800 bits per heavy atom. The number of carbonyl (C=O) groups excluding carboxylic acids is 4. The molecule has 2 heterocycles. The van der Waals surface area contributed by atoms with E-state index in [1.807, 2.05) is 48.5 Å². The van der Waals surface area contributed by atoms with Crippen molar-refractivity contribution in [1.29, 1.82) is 0 Å². The maximum absolute atomic E-state index is 13.1. The summed E-state index contributed by atoms with van der Waals surface area (Å²) in [5.41, 5.74) is 0.700. The molecule has 260 valence electrons. The number of benzene rings is 4. The van der Waals surface area contributed by atoms with Crippen LogP contribution in [0.1, 0.15) is 25.0 Å². The van der Waals surface area contributed by atoms with Crippen LogP contribution in [0.3, 0.4) is 0 Å². The third-order valence-electron chi connectivity index (χ3n) is 8.90. The van der Waals surface area contributed by atoms with Crippen molar-refractivity contribution in [2.45, 2.75) is 37.8 Å². The molecule has 2 saturated heterocycles. The minimum Gasteiger partial charge on any atom is -0.312 e. The zero-order valence-corrected chi connectivity index (χ0v) is 33.4. The number of halogens is 6. The third kappa shape index (κ3) is 7.56. The third-order valence-corrected chi connectivity index (χ3v) is 10.8. The van der Waals surface area contributed by atoms with Crippen molar-refractivity contribution in [3.8, 4) is 0 Å². The van der Waals surface area contributed by atoms with Gasteiger partial charge in [0.05, 0.1) is 11.4 Å². The number of imide groups is 2. The van der Waals surface area contributed by atoms with Gasteiger partial charge < -0.3 is 9.80 Å². The van der Waals surface area contributed by atoms with E-state index in [1.165, 1.54) is 9.80 Å². The zero-order valence-electron chi connectivity index (χ0n) is 27.2. The molecule has 0 radical (unpaired) electrons. The minimum absolute atomic E-state index is 0.304. The summed E-state index contributed by atoms with van der Waals surface area (Å²) in [7, 11) is 3.26. The standard InChI is InChI=1S/2C18H15BrCl2N2O2/c2*1-18(10-11-3-5-12(19)6-4-11)16(24)23(17(25)22(18)2)15-8-13(20)7-14(21)9-15/h2*3-9H,10H2,1-2H3/t2*18-/m11/s1. The highest BCUT2D eigenvalue weighted by atomic mass is 79.9. The minimum atomic E-state index is -0.986. The fraction of sp³-hybridized carbons (Fsp3) is 0.222. The van der Waals surface area contributed by atoms with Crippen LogP contribution in [0.5, 0.6) is 0 Å². The Kier molecular flexibility index (Phi) is 11.3. The molecule has 0 aliphatic carbocycles. The van der Waals surface area contributed by atoms with Crippen LogP contribution in [0.4, 0.5) is 21.0 Å². The second-order valence-corrected chi connectivity index (χ2v) is 16.0. The Hall–Kier alpha value is -3.12. The number of urea groups is 2. The first kappa shape index (κ1) is 38.1. The van der Waals surface area contributed by atoms with Crippen LogP contribution in [0.15, 0.2) is 93.9 Å². The second kappa shape index (κ2) is 14.9. The molecule has 14 heteroatoms. The van der Waals surface area contributed by atoms with Gasteiger partial charge in [-0.15, -0.1) is 0 Å². The number of nitrogens with zero attached hydrogens (tertiary/aromatic N) is 4. The molecule has 0 unspecified atom stereocenters. The molecule has 0 spiro atoms. The normalized spacial score (nSPS) is 20.5. The van der Waals surface area contributed by atoms with Crippen molar-refractivity contribution in [2.24, 2.45) is 0 Å². The van der Waals surface area contributed by atoms with Crippen molar-refractivity contribution in [3.05, 3.63) is 125 Å². The zero-order chi connectivity index (χ0) is 36.7. The van der Waals surface area contributed by atoms with Crippen LogP contribution >= 0.6 is 78.3 Å². The molecule has 50 heavy (non-hydrogen) atoms. The van der Waals surface area contributed by atoms with E-state index in [4.69, 9.17) is 46.4 Å². The van der Waals surface area contributed by atoms with E-state index in [2.05, 4.69) is 31.9 Å². The molecule has 0 saturated carbocycles. The van der Waals surface area contributed by atoms with Gasteiger partial charge in [0.15, 0.2) is 0 Å². The molecular formula is C36H30Br2Cl4N4O4. The Balaban J connectivity index is 0.000000194. The summed E-state index contributed by atoms with van der Waals surface area (Å²) in [5.74, 6) is -0.609. The molecule has 0 N–H and O–H groups in total. The largest absolute Gasteiger partial charge is 0.332 e. The lowest BCUT2D eigenvalue weighted by atomic mass is 9.91. The fourth-order valence-corrected chi connectivity index (χ4v) is 7.40. The van der Waals surface area contributed by atoms with E-state index < -0.39 is 23.1 Å². The van der Waals surface area contributed by atoms with Gasteiger partial charge in [0.25, 0.3) is 11.8 Å². The molecule has 6 amide bonds. The van der Waals surface area contributed by atoms with Crippen LogP contribution in [-0.4, -0.2) is 58.8 Å². The molecule has 8 nitrogen and oxygen atoms in total. The highest BCUT2D eigenvalue weighted by Gasteiger charge is 2.54. The summed E-state index contributed by atoms with van der Waals surface area (Å²) < 4.78 is 1.91. The molecule has 2 aliphatic heterocycles. The number of carbonyl (C=O) groups is 4. The van der Waals surface area contributed by atoms with Crippen molar-refractivity contribution < 1.29 is 19.2 Å². The van der Waals surface area contributed by atoms with E-state index in [0.717, 1.165) is 29.9 Å². The summed E-state index contributed by atoms with van der Waals surface area (Å²) in [6, 6.07) is 23.9. The monoisotopic (exact) mass is 880 g/mol. The average molecular weight is 884 g/mol. The molecule has 0 bridgehead atoms. The van der Waals surface area contributed by atoms with Crippen LogP contribution in [0.2, 0.25) is 20.1 Å². The van der Waals surface area contributed by atoms with Gasteiger partial charge in [-0.25, -0.2) is 19.4 Å². The molecule has 6 rings (SSSR count). The average Bonchev–Trinajstić information content (AvgIpc) is 3.31. The Morgan fingerprint density at radius 1 is 0.520 bits per heavy atom. The number of likely N-dealkylation sites (N-methyl/N-ethyl adjacent to an activating group) is 2. The van der Waals surface area contributed by atoms with Gasteiger partial charge >= 0.3 is 12.1 Å². The van der Waals surface area contributed by atoms with Gasteiger partial charge in [-0.3, -0.25) is 9.59 Å². The summed E-state index contributed by atoms with van der Waals surface area (Å²) in [6.45, 7) is 3.53. The summed E-state index contributed by atoms with van der Waals surface area (Å²) >= 11 is 30.9. The molecule has 2 fully saturated rings. The van der Waals surface area contributed by atoms with Gasteiger partial charge in [0.1, 0.15) is 11.1 Å². The highest BCUT2D eigenvalue weighted by Crippen LogP contribution is 2.37. The Labute approximate surface area is 327 Å². The van der Waals surface area contributed by atoms with Crippen LogP contribution in [-0.2, 0) is 22.4 Å². The van der Waals surface area contributed by atoms with Gasteiger partial charge in [-0.1, -0.05) is 103 Å². The molecular weight excluding hydrogens is 854 g/mol. The van der Waals surface area contributed by atoms with E-state index in [0.29, 0.717) is 44.3 Å². The van der Waals surface area contributed by atoms with Crippen LogP contribution < -0.4 is 9.80 Å². The SMILES string of the molecule is CN1C(=O)N(c2cc(Cl)cc(Cl)c2)C(=O)[C@@]1(C)Cc1ccc(Br)cc1.CN1C(=O)N(c2cc(Cl)cc(Cl)c2)C(=O)[C@@]1(C)Cc1ccc(Br)cc1. The summed E-state index contributed by atoms with van der Waals surface area (Å²) in [4.78, 5) is 56.9. The van der Waals surface area contributed by atoms with E-state index in [1.54, 1.807) is 64.3 Å². The van der Waals surface area contributed by atoms with Crippen molar-refractivity contribution in [2.75, 3.05) is 23.9 Å². The molecule has 2 aliphatic rings. The van der Waals surface area contributed by atoms with E-state index in [9.17, 15) is 19.2 Å². The first-order valence-electron chi connectivity index (χ1n) is 15.1. The van der Waals surface area contributed by atoms with Crippen LogP contribution in [0.25, 0.3) is 0 Å². The molecule has 2 atom stereocenters. The summed E-state index contributed by atoms with van der Waals surface area (Å²) in [6.07, 6.45) is 0.818. The maximum Gasteiger partial charge on any atom is 0.332 e. The van der Waals surface area contributed by atoms with Crippen molar-refractivity contribution in [1.82, 2.24) is 9.80 Å². The number of hydrogen-bond acceptors (Lipinski definition) is 4. The van der Waals surface area contributed by atoms with Crippen molar-refractivity contribution in [3.63, 3.8) is 0 Å². The predicted molar refractivity (Wildman–Crippen MR) is 207 cm³/mol. The quantitative estimate of drug-likeness (QED) is 0.181. The molecule has 4 aromatic rings. The Bertz CT molecular complexity index is 1820. The second-order valence-electron chi connectivity index (χ2n) is 12.4. The first-order chi connectivity index (χ1) is 23.4.